The molecule has 1 aliphatic rings. The van der Waals surface area contributed by atoms with Crippen LogP contribution in [-0.4, -0.2) is 47.7 Å². The fraction of sp³-hybridized carbons (Fsp3) is 0.571. The first-order valence-corrected chi connectivity index (χ1v) is 11.7. The molecule has 0 amide bonds. The molecule has 1 atom stereocenters. The maximum Gasteiger partial charge on any atom is 0.228 e. The molecule has 7 heteroatoms. The number of rotatable bonds is 8. The summed E-state index contributed by atoms with van der Waals surface area (Å²) in [6.45, 7) is 7.47. The van der Waals surface area contributed by atoms with Crippen molar-refractivity contribution in [2.24, 2.45) is 11.8 Å². The number of aliphatic hydroxyl groups excluding tert-OH is 1. The van der Waals surface area contributed by atoms with E-state index in [0.29, 0.717) is 24.9 Å². The van der Waals surface area contributed by atoms with Gasteiger partial charge in [-0.15, -0.1) is 0 Å². The number of likely N-dealkylation sites (tertiary alicyclic amines) is 1. The number of piperidine rings is 1. The van der Waals surface area contributed by atoms with Crippen LogP contribution >= 0.6 is 0 Å². The molecular weight excluding hydrogens is 374 g/mol. The molecule has 1 saturated heterocycles. The molecule has 154 valence electrons. The van der Waals surface area contributed by atoms with E-state index < -0.39 is 9.84 Å². The molecule has 28 heavy (non-hydrogen) atoms. The summed E-state index contributed by atoms with van der Waals surface area (Å²) in [6.07, 6.45) is 3.82. The number of imidazole rings is 1. The number of aliphatic hydroxyl groups is 1. The summed E-state index contributed by atoms with van der Waals surface area (Å²) < 4.78 is 28.0. The van der Waals surface area contributed by atoms with Crippen LogP contribution in [0.25, 0.3) is 0 Å². The molecule has 1 aromatic carbocycles. The van der Waals surface area contributed by atoms with Crippen LogP contribution < -0.4 is 0 Å². The number of aromatic nitrogens is 2. The van der Waals surface area contributed by atoms with Crippen molar-refractivity contribution in [1.29, 1.82) is 0 Å². The third kappa shape index (κ3) is 5.21. The average molecular weight is 406 g/mol. The predicted molar refractivity (Wildman–Crippen MR) is 109 cm³/mol. The van der Waals surface area contributed by atoms with E-state index in [4.69, 9.17) is 0 Å². The Morgan fingerprint density at radius 1 is 1.25 bits per heavy atom. The molecule has 2 heterocycles. The lowest BCUT2D eigenvalue weighted by Crippen LogP contribution is -2.37. The zero-order valence-corrected chi connectivity index (χ0v) is 17.6. The fourth-order valence-electron chi connectivity index (χ4n) is 3.86. The molecule has 1 aromatic heterocycles. The number of nitrogens with zero attached hydrogens (tertiary/aromatic N) is 3. The summed E-state index contributed by atoms with van der Waals surface area (Å²) in [7, 11) is -3.53. The van der Waals surface area contributed by atoms with Gasteiger partial charge in [0.1, 0.15) is 0 Å². The summed E-state index contributed by atoms with van der Waals surface area (Å²) in [5.74, 6) is 0.570. The minimum absolute atomic E-state index is 0.0430. The van der Waals surface area contributed by atoms with E-state index in [9.17, 15) is 13.5 Å². The third-order valence-corrected chi connectivity index (χ3v) is 6.77. The molecule has 6 nitrogen and oxygen atoms in total. The van der Waals surface area contributed by atoms with Gasteiger partial charge in [-0.1, -0.05) is 44.2 Å². The second-order valence-corrected chi connectivity index (χ2v) is 10.1. The van der Waals surface area contributed by atoms with Gasteiger partial charge in [-0.3, -0.25) is 4.90 Å². The van der Waals surface area contributed by atoms with Crippen molar-refractivity contribution in [3.05, 3.63) is 47.8 Å². The highest BCUT2D eigenvalue weighted by Crippen LogP contribution is 2.22. The van der Waals surface area contributed by atoms with Crippen LogP contribution in [0.4, 0.5) is 0 Å². The van der Waals surface area contributed by atoms with E-state index in [0.717, 1.165) is 37.2 Å². The van der Waals surface area contributed by atoms with Crippen molar-refractivity contribution < 1.29 is 13.5 Å². The first kappa shape index (κ1) is 21.0. The Bertz CT molecular complexity index is 862. The van der Waals surface area contributed by atoms with Crippen molar-refractivity contribution in [3.63, 3.8) is 0 Å². The van der Waals surface area contributed by atoms with Gasteiger partial charge in [-0.25, -0.2) is 13.4 Å². The Hall–Kier alpha value is -1.70. The summed E-state index contributed by atoms with van der Waals surface area (Å²) in [5.41, 5.74) is 1.70. The summed E-state index contributed by atoms with van der Waals surface area (Å²) in [4.78, 5) is 6.64. The van der Waals surface area contributed by atoms with Gasteiger partial charge in [0.05, 0.1) is 17.6 Å². The number of hydrogen-bond donors (Lipinski definition) is 1. The molecule has 1 fully saturated rings. The van der Waals surface area contributed by atoms with E-state index in [1.807, 2.05) is 34.9 Å². The number of sulfone groups is 1. The molecule has 1 unspecified atom stereocenters. The Morgan fingerprint density at radius 3 is 2.68 bits per heavy atom. The Labute approximate surface area is 168 Å². The van der Waals surface area contributed by atoms with Crippen LogP contribution in [0.1, 0.15) is 37.9 Å². The van der Waals surface area contributed by atoms with Gasteiger partial charge >= 0.3 is 0 Å². The molecule has 0 spiro atoms. The number of hydrogen-bond acceptors (Lipinski definition) is 5. The SMILES string of the molecule is CC(C)Cn1c(CN2CCCC(CO)C2)cnc1S(=O)(=O)Cc1ccccc1. The van der Waals surface area contributed by atoms with Crippen LogP contribution in [0.5, 0.6) is 0 Å². The summed E-state index contributed by atoms with van der Waals surface area (Å²) >= 11 is 0. The Kier molecular flexibility index (Phi) is 6.91. The second-order valence-electron chi connectivity index (χ2n) is 8.21. The summed E-state index contributed by atoms with van der Waals surface area (Å²) in [5, 5.41) is 9.64. The van der Waals surface area contributed by atoms with Gasteiger partial charge in [0.2, 0.25) is 15.0 Å². The van der Waals surface area contributed by atoms with Crippen molar-refractivity contribution in [2.45, 2.75) is 50.7 Å². The van der Waals surface area contributed by atoms with E-state index in [1.165, 1.54) is 0 Å². The maximum atomic E-state index is 13.1. The van der Waals surface area contributed by atoms with Crippen molar-refractivity contribution in [1.82, 2.24) is 14.5 Å². The molecule has 0 aliphatic carbocycles. The van der Waals surface area contributed by atoms with Gasteiger partial charge in [-0.2, -0.15) is 0 Å². The minimum atomic E-state index is -3.53. The third-order valence-electron chi connectivity index (χ3n) is 5.17. The normalized spacial score (nSPS) is 18.6. The van der Waals surface area contributed by atoms with Crippen LogP contribution in [0.15, 0.2) is 41.7 Å². The zero-order valence-electron chi connectivity index (χ0n) is 16.8. The lowest BCUT2D eigenvalue weighted by atomic mass is 9.99. The van der Waals surface area contributed by atoms with E-state index in [2.05, 4.69) is 23.7 Å². The molecule has 0 saturated carbocycles. The fourth-order valence-corrected chi connectivity index (χ4v) is 5.36. The van der Waals surface area contributed by atoms with E-state index >= 15 is 0 Å². The lowest BCUT2D eigenvalue weighted by Gasteiger charge is -2.32. The minimum Gasteiger partial charge on any atom is -0.396 e. The van der Waals surface area contributed by atoms with Crippen LogP contribution in [-0.2, 0) is 28.7 Å². The molecular formula is C21H31N3O3S. The first-order chi connectivity index (χ1) is 13.4. The topological polar surface area (TPSA) is 75.4 Å². The van der Waals surface area contributed by atoms with Crippen molar-refractivity contribution in [2.75, 3.05) is 19.7 Å². The Morgan fingerprint density at radius 2 is 2.00 bits per heavy atom. The quantitative estimate of drug-likeness (QED) is 0.731. The van der Waals surface area contributed by atoms with E-state index in [-0.39, 0.29) is 17.5 Å². The van der Waals surface area contributed by atoms with Crippen LogP contribution in [0.3, 0.4) is 0 Å². The van der Waals surface area contributed by atoms with Gasteiger partial charge in [0.25, 0.3) is 0 Å². The van der Waals surface area contributed by atoms with E-state index in [1.54, 1.807) is 6.20 Å². The highest BCUT2D eigenvalue weighted by atomic mass is 32.2. The zero-order chi connectivity index (χ0) is 20.1. The second kappa shape index (κ2) is 9.20. The van der Waals surface area contributed by atoms with Gasteiger partial charge in [0.15, 0.2) is 0 Å². The van der Waals surface area contributed by atoms with Crippen molar-refractivity contribution in [3.8, 4) is 0 Å². The first-order valence-electron chi connectivity index (χ1n) is 10.0. The van der Waals surface area contributed by atoms with Crippen LogP contribution in [0, 0.1) is 11.8 Å². The molecule has 1 aliphatic heterocycles. The van der Waals surface area contributed by atoms with Crippen molar-refractivity contribution >= 4 is 9.84 Å². The highest BCUT2D eigenvalue weighted by molar-refractivity contribution is 7.90. The van der Waals surface area contributed by atoms with Gasteiger partial charge in [0, 0.05) is 26.2 Å². The predicted octanol–water partition coefficient (Wildman–Crippen LogP) is 2.72. The van der Waals surface area contributed by atoms with Gasteiger partial charge in [-0.05, 0) is 36.8 Å². The van der Waals surface area contributed by atoms with Gasteiger partial charge < -0.3 is 9.67 Å². The maximum absolute atomic E-state index is 13.1. The number of benzene rings is 1. The summed E-state index contributed by atoms with van der Waals surface area (Å²) in [6, 6.07) is 9.25. The highest BCUT2D eigenvalue weighted by Gasteiger charge is 2.26. The average Bonchev–Trinajstić information content (AvgIpc) is 3.05. The lowest BCUT2D eigenvalue weighted by molar-refractivity contribution is 0.113. The molecule has 2 aromatic rings. The largest absolute Gasteiger partial charge is 0.396 e. The molecule has 0 radical (unpaired) electrons. The van der Waals surface area contributed by atoms with Crippen LogP contribution in [0.2, 0.25) is 0 Å². The molecule has 1 N–H and O–H groups in total. The standard InChI is InChI=1S/C21H31N3O3S/c1-17(2)12-24-20(14-23-10-6-9-19(13-23)15-25)11-22-21(24)28(26,27)16-18-7-4-3-5-8-18/h3-5,7-8,11,17,19,25H,6,9-10,12-16H2,1-2H3. The smallest absolute Gasteiger partial charge is 0.228 e. The molecule has 3 rings (SSSR count). The monoisotopic (exact) mass is 405 g/mol. The molecule has 0 bridgehead atoms. The Balaban J connectivity index is 1.85.